The van der Waals surface area contributed by atoms with Gasteiger partial charge in [-0.25, -0.2) is 8.42 Å². The number of sulfone groups is 1. The summed E-state index contributed by atoms with van der Waals surface area (Å²) in [6, 6.07) is 5.79. The molecule has 0 aliphatic carbocycles. The lowest BCUT2D eigenvalue weighted by Crippen LogP contribution is -2.44. The number of nitrogens with one attached hydrogen (secondary N) is 1. The molecule has 144 valence electrons. The number of aromatic nitrogens is 1. The molecular formula is C18H22N4O4S. The Bertz CT molecular complexity index is 970. The summed E-state index contributed by atoms with van der Waals surface area (Å²) in [4.78, 5) is 14.3. The molecule has 0 spiro atoms. The summed E-state index contributed by atoms with van der Waals surface area (Å²) in [7, 11) is -2.99. The highest BCUT2D eigenvalue weighted by atomic mass is 32.2. The van der Waals surface area contributed by atoms with Crippen LogP contribution in [0.3, 0.4) is 0 Å². The van der Waals surface area contributed by atoms with E-state index in [-0.39, 0.29) is 24.0 Å². The zero-order valence-corrected chi connectivity index (χ0v) is 16.2. The van der Waals surface area contributed by atoms with E-state index in [1.165, 1.54) is 0 Å². The molecule has 9 heteroatoms. The fourth-order valence-corrected chi connectivity index (χ4v) is 4.45. The van der Waals surface area contributed by atoms with Crippen LogP contribution >= 0.6 is 0 Å². The molecule has 3 rings (SSSR count). The van der Waals surface area contributed by atoms with E-state index in [9.17, 15) is 18.5 Å². The van der Waals surface area contributed by atoms with Gasteiger partial charge in [-0.3, -0.25) is 9.69 Å². The number of carbonyl (C=O) groups excluding carboxylic acids is 1. The van der Waals surface area contributed by atoms with Crippen molar-refractivity contribution < 1.29 is 17.6 Å². The topological polar surface area (TPSA) is 108 Å². The van der Waals surface area contributed by atoms with Crippen molar-refractivity contribution in [3.8, 4) is 6.07 Å². The lowest BCUT2D eigenvalue weighted by atomic mass is 10.2. The molecule has 1 amide bonds. The Morgan fingerprint density at radius 3 is 2.63 bits per heavy atom. The van der Waals surface area contributed by atoms with E-state index in [1.54, 1.807) is 12.3 Å². The molecule has 2 aromatic heterocycles. The van der Waals surface area contributed by atoms with E-state index in [2.05, 4.69) is 11.4 Å². The second-order valence-electron chi connectivity index (χ2n) is 6.69. The van der Waals surface area contributed by atoms with Crippen LogP contribution in [-0.2, 0) is 21.2 Å². The molecule has 0 saturated carbocycles. The first-order chi connectivity index (χ1) is 12.8. The first-order valence-electron chi connectivity index (χ1n) is 8.65. The second-order valence-corrected chi connectivity index (χ2v) is 8.99. The molecule has 1 fully saturated rings. The number of carbonyl (C=O) groups is 1. The van der Waals surface area contributed by atoms with E-state index in [0.29, 0.717) is 36.8 Å². The van der Waals surface area contributed by atoms with E-state index >= 15 is 0 Å². The monoisotopic (exact) mass is 390 g/mol. The van der Waals surface area contributed by atoms with Gasteiger partial charge in [0.25, 0.3) is 0 Å². The van der Waals surface area contributed by atoms with Crippen molar-refractivity contribution in [1.82, 2.24) is 9.47 Å². The quantitative estimate of drug-likeness (QED) is 0.824. The number of furan rings is 1. The Labute approximate surface area is 158 Å². The summed E-state index contributed by atoms with van der Waals surface area (Å²) < 4.78 is 30.3. The van der Waals surface area contributed by atoms with E-state index in [1.807, 2.05) is 29.4 Å². The first kappa shape index (κ1) is 19.2. The van der Waals surface area contributed by atoms with Crippen LogP contribution in [0, 0.1) is 25.2 Å². The van der Waals surface area contributed by atoms with Gasteiger partial charge >= 0.3 is 0 Å². The molecule has 1 aliphatic heterocycles. The predicted molar refractivity (Wildman–Crippen MR) is 100 cm³/mol. The highest BCUT2D eigenvalue weighted by Crippen LogP contribution is 2.27. The van der Waals surface area contributed by atoms with Crippen molar-refractivity contribution in [3.63, 3.8) is 0 Å². The van der Waals surface area contributed by atoms with Gasteiger partial charge in [-0.1, -0.05) is 0 Å². The smallest absolute Gasteiger partial charge is 0.239 e. The number of nitrogens with zero attached hydrogens (tertiary/aromatic N) is 3. The zero-order chi connectivity index (χ0) is 19.6. The lowest BCUT2D eigenvalue weighted by molar-refractivity contribution is -0.117. The second kappa shape index (κ2) is 7.58. The van der Waals surface area contributed by atoms with Crippen molar-refractivity contribution in [2.45, 2.75) is 20.4 Å². The minimum Gasteiger partial charge on any atom is -0.467 e. The maximum atomic E-state index is 12.5. The maximum absolute atomic E-state index is 12.5. The van der Waals surface area contributed by atoms with E-state index < -0.39 is 9.84 Å². The largest absolute Gasteiger partial charge is 0.467 e. The SMILES string of the molecule is Cc1c(C#N)c(NC(=O)CN2CCS(=O)(=O)CC2)n(Cc2ccco2)c1C. The molecule has 0 radical (unpaired) electrons. The van der Waals surface area contributed by atoms with Crippen LogP contribution in [0.25, 0.3) is 0 Å². The van der Waals surface area contributed by atoms with Gasteiger partial charge in [0.05, 0.1) is 36.4 Å². The Balaban J connectivity index is 1.78. The molecule has 1 N–H and O–H groups in total. The highest BCUT2D eigenvalue weighted by molar-refractivity contribution is 7.91. The number of nitriles is 1. The minimum absolute atomic E-state index is 0.0663. The summed E-state index contributed by atoms with van der Waals surface area (Å²) in [6.07, 6.45) is 1.58. The molecule has 0 unspecified atom stereocenters. The molecule has 1 aliphatic rings. The third kappa shape index (κ3) is 4.23. The number of rotatable bonds is 5. The maximum Gasteiger partial charge on any atom is 0.239 e. The Kier molecular flexibility index (Phi) is 5.39. The summed E-state index contributed by atoms with van der Waals surface area (Å²) >= 11 is 0. The van der Waals surface area contributed by atoms with Gasteiger partial charge in [-0.15, -0.1) is 0 Å². The van der Waals surface area contributed by atoms with Crippen molar-refractivity contribution in [2.24, 2.45) is 0 Å². The standard InChI is InChI=1S/C18H22N4O4S/c1-13-14(2)22(11-15-4-3-7-26-15)18(16(13)10-19)20-17(23)12-21-5-8-27(24,25)9-6-21/h3-4,7H,5-6,8-9,11-12H2,1-2H3,(H,20,23). The number of amides is 1. The Hall–Kier alpha value is -2.57. The van der Waals surface area contributed by atoms with Crippen LogP contribution in [0.2, 0.25) is 0 Å². The van der Waals surface area contributed by atoms with Crippen LogP contribution in [0.5, 0.6) is 0 Å². The van der Waals surface area contributed by atoms with E-state index in [4.69, 9.17) is 4.42 Å². The fourth-order valence-electron chi connectivity index (χ4n) is 3.17. The van der Waals surface area contributed by atoms with E-state index in [0.717, 1.165) is 11.3 Å². The summed E-state index contributed by atoms with van der Waals surface area (Å²) in [6.45, 7) is 4.91. The number of anilines is 1. The van der Waals surface area contributed by atoms with Crippen LogP contribution in [0.15, 0.2) is 22.8 Å². The highest BCUT2D eigenvalue weighted by Gasteiger charge is 2.25. The lowest BCUT2D eigenvalue weighted by Gasteiger charge is -2.25. The molecule has 0 atom stereocenters. The van der Waals surface area contributed by atoms with Crippen molar-refractivity contribution in [2.75, 3.05) is 36.5 Å². The Morgan fingerprint density at radius 1 is 1.33 bits per heavy atom. The Morgan fingerprint density at radius 2 is 2.04 bits per heavy atom. The minimum atomic E-state index is -2.99. The number of hydrogen-bond donors (Lipinski definition) is 1. The summed E-state index contributed by atoms with van der Waals surface area (Å²) in [5.74, 6) is 1.02. The fraction of sp³-hybridized carbons (Fsp3) is 0.444. The van der Waals surface area contributed by atoms with Gasteiger partial charge in [0, 0.05) is 18.8 Å². The summed E-state index contributed by atoms with van der Waals surface area (Å²) in [5, 5.41) is 12.4. The third-order valence-electron chi connectivity index (χ3n) is 4.90. The molecule has 1 saturated heterocycles. The molecule has 8 nitrogen and oxygen atoms in total. The first-order valence-corrected chi connectivity index (χ1v) is 10.5. The normalized spacial score (nSPS) is 16.8. The molecular weight excluding hydrogens is 368 g/mol. The van der Waals surface area contributed by atoms with Gasteiger partial charge in [-0.05, 0) is 31.5 Å². The average Bonchev–Trinajstić information content (AvgIpc) is 3.20. The molecule has 3 heterocycles. The molecule has 0 aromatic carbocycles. The van der Waals surface area contributed by atoms with Crippen LogP contribution in [0.1, 0.15) is 22.6 Å². The average molecular weight is 390 g/mol. The third-order valence-corrected chi connectivity index (χ3v) is 6.51. The van der Waals surface area contributed by atoms with Crippen LogP contribution in [-0.4, -0.2) is 54.9 Å². The van der Waals surface area contributed by atoms with Crippen molar-refractivity contribution in [1.29, 1.82) is 5.26 Å². The van der Waals surface area contributed by atoms with Gasteiger partial charge < -0.3 is 14.3 Å². The number of hydrogen-bond acceptors (Lipinski definition) is 6. The van der Waals surface area contributed by atoms with Crippen LogP contribution in [0.4, 0.5) is 5.82 Å². The molecule has 27 heavy (non-hydrogen) atoms. The molecule has 2 aromatic rings. The molecule has 0 bridgehead atoms. The van der Waals surface area contributed by atoms with Gasteiger partial charge in [0.1, 0.15) is 17.6 Å². The zero-order valence-electron chi connectivity index (χ0n) is 15.4. The summed E-state index contributed by atoms with van der Waals surface area (Å²) in [5.41, 5.74) is 2.11. The predicted octanol–water partition coefficient (Wildman–Crippen LogP) is 1.29. The van der Waals surface area contributed by atoms with Gasteiger partial charge in [0.2, 0.25) is 5.91 Å². The van der Waals surface area contributed by atoms with Gasteiger partial charge in [-0.2, -0.15) is 5.26 Å². The van der Waals surface area contributed by atoms with Crippen molar-refractivity contribution in [3.05, 3.63) is 41.0 Å². The van der Waals surface area contributed by atoms with Crippen molar-refractivity contribution >= 4 is 21.6 Å². The van der Waals surface area contributed by atoms with Crippen LogP contribution < -0.4 is 5.32 Å². The van der Waals surface area contributed by atoms with Gasteiger partial charge in [0.15, 0.2) is 9.84 Å².